The van der Waals surface area contributed by atoms with Crippen molar-refractivity contribution in [1.29, 1.82) is 0 Å². The maximum atomic E-state index is 12.4. The van der Waals surface area contributed by atoms with Crippen LogP contribution in [0.5, 0.6) is 0 Å². The summed E-state index contributed by atoms with van der Waals surface area (Å²) in [5, 5.41) is 9.68. The molecule has 0 spiro atoms. The summed E-state index contributed by atoms with van der Waals surface area (Å²) in [6.45, 7) is 5.35. The molecule has 2 aromatic rings. The highest BCUT2D eigenvalue weighted by molar-refractivity contribution is 7.89. The molecule has 24 heavy (non-hydrogen) atoms. The van der Waals surface area contributed by atoms with Crippen molar-refractivity contribution >= 4 is 15.8 Å². The molecule has 0 saturated heterocycles. The number of aliphatic hydroxyl groups is 1. The molecule has 0 fully saturated rings. The number of anilines is 1. The van der Waals surface area contributed by atoms with Gasteiger partial charge in [0.1, 0.15) is 5.82 Å². The first-order valence-electron chi connectivity index (χ1n) is 7.63. The molecule has 0 saturated carbocycles. The van der Waals surface area contributed by atoms with Crippen LogP contribution in [0.1, 0.15) is 25.8 Å². The Morgan fingerprint density at radius 3 is 2.54 bits per heavy atom. The van der Waals surface area contributed by atoms with Gasteiger partial charge in [0.25, 0.3) is 0 Å². The molecule has 2 rings (SSSR count). The summed E-state index contributed by atoms with van der Waals surface area (Å²) in [6, 6.07) is 8.43. The molecule has 0 unspecified atom stereocenters. The number of sulfonamides is 1. The van der Waals surface area contributed by atoms with Crippen LogP contribution in [0.4, 0.5) is 5.82 Å². The lowest BCUT2D eigenvalue weighted by Gasteiger charge is -2.17. The van der Waals surface area contributed by atoms with E-state index < -0.39 is 15.6 Å². The zero-order valence-electron chi connectivity index (χ0n) is 14.1. The van der Waals surface area contributed by atoms with E-state index in [0.29, 0.717) is 12.2 Å². The molecule has 7 heteroatoms. The van der Waals surface area contributed by atoms with Crippen LogP contribution in [0.15, 0.2) is 41.4 Å². The Morgan fingerprint density at radius 1 is 1.25 bits per heavy atom. The van der Waals surface area contributed by atoms with Gasteiger partial charge in [0.15, 0.2) is 0 Å². The Bertz CT molecular complexity index is 810. The average molecular weight is 349 g/mol. The molecule has 0 amide bonds. The Balaban J connectivity index is 2.28. The molecule has 0 aliphatic rings. The molecule has 0 radical (unpaired) electrons. The van der Waals surface area contributed by atoms with E-state index in [0.717, 1.165) is 16.7 Å². The molecule has 1 aromatic heterocycles. The third-order valence-electron chi connectivity index (χ3n) is 3.65. The fourth-order valence-electron chi connectivity index (χ4n) is 2.22. The summed E-state index contributed by atoms with van der Waals surface area (Å²) < 4.78 is 27.4. The van der Waals surface area contributed by atoms with Crippen molar-refractivity contribution in [2.45, 2.75) is 37.7 Å². The lowest BCUT2D eigenvalue weighted by molar-refractivity contribution is 0.0728. The van der Waals surface area contributed by atoms with Crippen LogP contribution in [0.2, 0.25) is 0 Å². The lowest BCUT2D eigenvalue weighted by Crippen LogP contribution is -2.30. The third kappa shape index (κ3) is 4.77. The summed E-state index contributed by atoms with van der Waals surface area (Å²) in [5.74, 6) is 0.411. The minimum atomic E-state index is -3.64. The van der Waals surface area contributed by atoms with E-state index >= 15 is 0 Å². The van der Waals surface area contributed by atoms with Gasteiger partial charge < -0.3 is 10.8 Å². The van der Waals surface area contributed by atoms with Crippen molar-refractivity contribution in [3.63, 3.8) is 0 Å². The number of hydrogen-bond acceptors (Lipinski definition) is 5. The fraction of sp³-hybridized carbons (Fsp3) is 0.353. The van der Waals surface area contributed by atoms with Crippen LogP contribution in [0, 0.1) is 6.92 Å². The maximum absolute atomic E-state index is 12.4. The maximum Gasteiger partial charge on any atom is 0.240 e. The van der Waals surface area contributed by atoms with Crippen molar-refractivity contribution in [2.75, 3.05) is 12.3 Å². The smallest absolute Gasteiger partial charge is 0.240 e. The molecule has 1 heterocycles. The predicted molar refractivity (Wildman–Crippen MR) is 94.9 cm³/mol. The van der Waals surface area contributed by atoms with Gasteiger partial charge in [0.2, 0.25) is 10.0 Å². The number of nitrogens with two attached hydrogens (primary N) is 1. The third-order valence-corrected chi connectivity index (χ3v) is 5.10. The van der Waals surface area contributed by atoms with Crippen LogP contribution >= 0.6 is 0 Å². The lowest BCUT2D eigenvalue weighted by atomic mass is 10.0. The van der Waals surface area contributed by atoms with Crippen LogP contribution in [-0.4, -0.2) is 30.7 Å². The van der Waals surface area contributed by atoms with E-state index in [9.17, 15) is 13.5 Å². The highest BCUT2D eigenvalue weighted by Crippen LogP contribution is 2.26. The summed E-state index contributed by atoms with van der Waals surface area (Å²) in [5.41, 5.74) is 7.20. The van der Waals surface area contributed by atoms with E-state index in [4.69, 9.17) is 5.73 Å². The van der Waals surface area contributed by atoms with Crippen molar-refractivity contribution < 1.29 is 13.5 Å². The number of benzene rings is 1. The Hall–Kier alpha value is -1.96. The fourth-order valence-corrected chi connectivity index (χ4v) is 3.28. The molecular weight excluding hydrogens is 326 g/mol. The van der Waals surface area contributed by atoms with E-state index in [1.807, 2.05) is 13.0 Å². The SMILES string of the molecule is Cc1ccc(S(=O)(=O)NCCC(C)(C)O)cc1-c1ccc(N)nc1. The normalized spacial score (nSPS) is 12.3. The van der Waals surface area contributed by atoms with Crippen molar-refractivity contribution in [3.8, 4) is 11.1 Å². The highest BCUT2D eigenvalue weighted by Gasteiger charge is 2.18. The molecule has 0 bridgehead atoms. The number of aromatic nitrogens is 1. The second-order valence-corrected chi connectivity index (χ2v) is 8.18. The van der Waals surface area contributed by atoms with Crippen LogP contribution in [0.25, 0.3) is 11.1 Å². The van der Waals surface area contributed by atoms with Crippen LogP contribution < -0.4 is 10.5 Å². The molecular formula is C17H23N3O3S. The second-order valence-electron chi connectivity index (χ2n) is 6.41. The second kappa shape index (κ2) is 6.88. The van der Waals surface area contributed by atoms with E-state index in [1.165, 1.54) is 0 Å². The summed E-state index contributed by atoms with van der Waals surface area (Å²) in [6.07, 6.45) is 1.95. The molecule has 4 N–H and O–H groups in total. The van der Waals surface area contributed by atoms with Gasteiger partial charge in [-0.25, -0.2) is 18.1 Å². The number of rotatable bonds is 6. The quantitative estimate of drug-likeness (QED) is 0.740. The Labute approximate surface area is 142 Å². The number of aryl methyl sites for hydroxylation is 1. The van der Waals surface area contributed by atoms with Gasteiger partial charge in [-0.15, -0.1) is 0 Å². The van der Waals surface area contributed by atoms with Gasteiger partial charge in [0.05, 0.1) is 10.5 Å². The first-order valence-corrected chi connectivity index (χ1v) is 9.11. The summed E-state index contributed by atoms with van der Waals surface area (Å²) in [4.78, 5) is 4.23. The summed E-state index contributed by atoms with van der Waals surface area (Å²) >= 11 is 0. The van der Waals surface area contributed by atoms with Crippen molar-refractivity contribution in [1.82, 2.24) is 9.71 Å². The highest BCUT2D eigenvalue weighted by atomic mass is 32.2. The van der Waals surface area contributed by atoms with Crippen LogP contribution in [-0.2, 0) is 10.0 Å². The van der Waals surface area contributed by atoms with Crippen molar-refractivity contribution in [3.05, 3.63) is 42.1 Å². The molecule has 6 nitrogen and oxygen atoms in total. The van der Waals surface area contributed by atoms with Gasteiger partial charge in [-0.1, -0.05) is 6.07 Å². The molecule has 0 aliphatic heterocycles. The van der Waals surface area contributed by atoms with E-state index in [1.54, 1.807) is 44.3 Å². The van der Waals surface area contributed by atoms with Crippen molar-refractivity contribution in [2.24, 2.45) is 0 Å². The Kier molecular flexibility index (Phi) is 5.27. The van der Waals surface area contributed by atoms with Gasteiger partial charge >= 0.3 is 0 Å². The molecule has 0 atom stereocenters. The number of nitrogens with one attached hydrogen (secondary N) is 1. The average Bonchev–Trinajstić information content (AvgIpc) is 2.47. The molecule has 0 aliphatic carbocycles. The standard InChI is InChI=1S/C17H23N3O3S/c1-12-4-6-14(24(22,23)20-9-8-17(2,3)21)10-15(12)13-5-7-16(18)19-11-13/h4-7,10-11,20-21H,8-9H2,1-3H3,(H2,18,19). The summed E-state index contributed by atoms with van der Waals surface area (Å²) in [7, 11) is -3.64. The largest absolute Gasteiger partial charge is 0.390 e. The van der Waals surface area contributed by atoms with Gasteiger partial charge in [0, 0.05) is 18.3 Å². The van der Waals surface area contributed by atoms with E-state index in [-0.39, 0.29) is 11.4 Å². The molecule has 130 valence electrons. The number of pyridine rings is 1. The minimum absolute atomic E-state index is 0.165. The Morgan fingerprint density at radius 2 is 1.96 bits per heavy atom. The first kappa shape index (κ1) is 18.4. The van der Waals surface area contributed by atoms with Gasteiger partial charge in [-0.05, 0) is 62.6 Å². The van der Waals surface area contributed by atoms with Gasteiger partial charge in [-0.2, -0.15) is 0 Å². The van der Waals surface area contributed by atoms with Crippen LogP contribution in [0.3, 0.4) is 0 Å². The minimum Gasteiger partial charge on any atom is -0.390 e. The number of nitrogen functional groups attached to an aromatic ring is 1. The predicted octanol–water partition coefficient (Wildman–Crippen LogP) is 2.08. The number of hydrogen-bond donors (Lipinski definition) is 3. The van der Waals surface area contributed by atoms with Gasteiger partial charge in [-0.3, -0.25) is 0 Å². The molecule has 1 aromatic carbocycles. The zero-order valence-corrected chi connectivity index (χ0v) is 14.9. The first-order chi connectivity index (χ1) is 11.1. The zero-order chi connectivity index (χ0) is 18.0. The van der Waals surface area contributed by atoms with E-state index in [2.05, 4.69) is 9.71 Å². The monoisotopic (exact) mass is 349 g/mol. The topological polar surface area (TPSA) is 105 Å². The number of nitrogens with zero attached hydrogens (tertiary/aromatic N) is 1.